The van der Waals surface area contributed by atoms with Gasteiger partial charge in [0.15, 0.2) is 0 Å². The van der Waals surface area contributed by atoms with Crippen molar-refractivity contribution in [1.29, 1.82) is 0 Å². The number of hydroxylamine groups is 2. The van der Waals surface area contributed by atoms with Gasteiger partial charge < -0.3 is 4.84 Å². The van der Waals surface area contributed by atoms with Gasteiger partial charge in [-0.25, -0.2) is 4.79 Å². The lowest BCUT2D eigenvalue weighted by Gasteiger charge is -2.20. The SMILES string of the molecule is O=C1c2ccccc2C(=O)N1OC(=O)C1(c2c(Cl)cccc2Cl)CC1. The van der Waals surface area contributed by atoms with E-state index in [0.29, 0.717) is 33.5 Å². The number of carbonyl (C=O) groups excluding carboxylic acids is 3. The highest BCUT2D eigenvalue weighted by atomic mass is 35.5. The predicted molar refractivity (Wildman–Crippen MR) is 90.4 cm³/mol. The van der Waals surface area contributed by atoms with Crippen LogP contribution in [0.2, 0.25) is 10.0 Å². The van der Waals surface area contributed by atoms with E-state index in [1.807, 2.05) is 0 Å². The predicted octanol–water partition coefficient (Wildman–Crippen LogP) is 3.78. The van der Waals surface area contributed by atoms with Gasteiger partial charge in [-0.15, -0.1) is 0 Å². The van der Waals surface area contributed by atoms with Crippen LogP contribution in [0.3, 0.4) is 0 Å². The Balaban J connectivity index is 1.64. The van der Waals surface area contributed by atoms with Gasteiger partial charge in [-0.1, -0.05) is 46.5 Å². The highest BCUT2D eigenvalue weighted by Gasteiger charge is 2.57. The number of hydrogen-bond donors (Lipinski definition) is 0. The van der Waals surface area contributed by atoms with Gasteiger partial charge in [-0.3, -0.25) is 9.59 Å². The van der Waals surface area contributed by atoms with E-state index in [2.05, 4.69) is 0 Å². The van der Waals surface area contributed by atoms with Gasteiger partial charge in [0.25, 0.3) is 11.8 Å². The van der Waals surface area contributed by atoms with Gasteiger partial charge in [-0.05, 0) is 37.1 Å². The van der Waals surface area contributed by atoms with Gasteiger partial charge in [0.05, 0.1) is 16.5 Å². The molecule has 1 fully saturated rings. The van der Waals surface area contributed by atoms with Crippen molar-refractivity contribution in [3.8, 4) is 0 Å². The highest BCUT2D eigenvalue weighted by Crippen LogP contribution is 2.54. The maximum Gasteiger partial charge on any atom is 0.343 e. The van der Waals surface area contributed by atoms with Gasteiger partial charge >= 0.3 is 5.97 Å². The highest BCUT2D eigenvalue weighted by molar-refractivity contribution is 6.36. The molecule has 1 aliphatic carbocycles. The number of nitrogens with zero attached hydrogens (tertiary/aromatic N) is 1. The van der Waals surface area contributed by atoms with Gasteiger partial charge in [0.2, 0.25) is 0 Å². The van der Waals surface area contributed by atoms with Crippen molar-refractivity contribution in [3.63, 3.8) is 0 Å². The second-order valence-corrected chi connectivity index (χ2v) is 6.82. The van der Waals surface area contributed by atoms with Crippen molar-refractivity contribution in [1.82, 2.24) is 5.06 Å². The van der Waals surface area contributed by atoms with E-state index >= 15 is 0 Å². The van der Waals surface area contributed by atoms with E-state index < -0.39 is 23.2 Å². The van der Waals surface area contributed by atoms with Crippen LogP contribution in [0.5, 0.6) is 0 Å². The number of carbonyl (C=O) groups is 3. The zero-order valence-electron chi connectivity index (χ0n) is 12.8. The van der Waals surface area contributed by atoms with Crippen molar-refractivity contribution < 1.29 is 19.2 Å². The fraction of sp³-hybridized carbons (Fsp3) is 0.167. The van der Waals surface area contributed by atoms with E-state index in [-0.39, 0.29) is 11.1 Å². The van der Waals surface area contributed by atoms with Crippen LogP contribution in [0.15, 0.2) is 42.5 Å². The van der Waals surface area contributed by atoms with Crippen LogP contribution in [-0.4, -0.2) is 22.8 Å². The average molecular weight is 376 g/mol. The molecule has 25 heavy (non-hydrogen) atoms. The standard InChI is InChI=1S/C18H11Cl2NO4/c19-12-6-3-7-13(20)14(12)18(8-9-18)17(24)25-21-15(22)10-4-1-2-5-11(10)16(21)23/h1-7H,8-9H2. The summed E-state index contributed by atoms with van der Waals surface area (Å²) in [4.78, 5) is 42.6. The third-order valence-corrected chi connectivity index (χ3v) is 5.14. The summed E-state index contributed by atoms with van der Waals surface area (Å²) < 4.78 is 0. The fourth-order valence-corrected chi connectivity index (χ4v) is 3.82. The quantitative estimate of drug-likeness (QED) is 0.765. The second kappa shape index (κ2) is 5.58. The molecular weight excluding hydrogens is 365 g/mol. The first-order valence-corrected chi connectivity index (χ1v) is 8.36. The van der Waals surface area contributed by atoms with Crippen LogP contribution >= 0.6 is 23.2 Å². The molecule has 2 aromatic rings. The Morgan fingerprint density at radius 3 is 1.92 bits per heavy atom. The van der Waals surface area contributed by atoms with Crippen LogP contribution in [0.4, 0.5) is 0 Å². The molecule has 2 amide bonds. The van der Waals surface area contributed by atoms with Gasteiger partial charge in [0, 0.05) is 15.6 Å². The molecule has 2 aliphatic rings. The van der Waals surface area contributed by atoms with E-state index in [1.54, 1.807) is 30.3 Å². The molecule has 2 aromatic carbocycles. The molecule has 1 aliphatic heterocycles. The van der Waals surface area contributed by atoms with Gasteiger partial charge in [0.1, 0.15) is 0 Å². The first-order chi connectivity index (χ1) is 12.0. The Morgan fingerprint density at radius 1 is 0.920 bits per heavy atom. The number of fused-ring (bicyclic) bond motifs is 1. The molecule has 0 aromatic heterocycles. The van der Waals surface area contributed by atoms with Crippen LogP contribution in [0, 0.1) is 0 Å². The van der Waals surface area contributed by atoms with Gasteiger partial charge in [-0.2, -0.15) is 0 Å². The Labute approximate surface area is 153 Å². The maximum atomic E-state index is 12.7. The summed E-state index contributed by atoms with van der Waals surface area (Å²) >= 11 is 12.4. The van der Waals surface area contributed by atoms with Crippen molar-refractivity contribution in [2.24, 2.45) is 0 Å². The lowest BCUT2D eigenvalue weighted by atomic mass is 9.96. The zero-order valence-corrected chi connectivity index (χ0v) is 14.3. The molecule has 0 radical (unpaired) electrons. The molecule has 1 heterocycles. The summed E-state index contributed by atoms with van der Waals surface area (Å²) in [6, 6.07) is 11.3. The molecule has 0 N–H and O–H groups in total. The summed E-state index contributed by atoms with van der Waals surface area (Å²) in [5.41, 5.74) is -0.133. The summed E-state index contributed by atoms with van der Waals surface area (Å²) in [5.74, 6) is -2.03. The zero-order chi connectivity index (χ0) is 17.8. The van der Waals surface area contributed by atoms with Crippen molar-refractivity contribution >= 4 is 41.0 Å². The summed E-state index contributed by atoms with van der Waals surface area (Å²) in [6.07, 6.45) is 0.969. The minimum absolute atomic E-state index is 0.209. The molecule has 0 bridgehead atoms. The summed E-state index contributed by atoms with van der Waals surface area (Å²) in [6.45, 7) is 0. The summed E-state index contributed by atoms with van der Waals surface area (Å²) in [5, 5.41) is 1.21. The lowest BCUT2D eigenvalue weighted by molar-refractivity contribution is -0.171. The molecule has 0 atom stereocenters. The van der Waals surface area contributed by atoms with E-state index in [9.17, 15) is 14.4 Å². The van der Waals surface area contributed by atoms with Crippen LogP contribution in [0.1, 0.15) is 39.1 Å². The number of benzene rings is 2. The second-order valence-electron chi connectivity index (χ2n) is 6.01. The van der Waals surface area contributed by atoms with E-state index in [1.165, 1.54) is 12.1 Å². The molecular formula is C18H11Cl2NO4. The average Bonchev–Trinajstić information content (AvgIpc) is 3.35. The minimum atomic E-state index is -1.02. The third kappa shape index (κ3) is 2.34. The minimum Gasteiger partial charge on any atom is -0.329 e. The molecule has 0 spiro atoms. The Morgan fingerprint density at radius 2 is 1.44 bits per heavy atom. The molecule has 7 heteroatoms. The number of rotatable bonds is 3. The van der Waals surface area contributed by atoms with E-state index in [4.69, 9.17) is 28.0 Å². The third-order valence-electron chi connectivity index (χ3n) is 4.51. The Hall–Kier alpha value is -2.37. The molecule has 126 valence electrons. The molecule has 0 unspecified atom stereocenters. The van der Waals surface area contributed by atoms with Crippen LogP contribution < -0.4 is 0 Å². The molecule has 5 nitrogen and oxygen atoms in total. The number of hydrogen-bond acceptors (Lipinski definition) is 4. The van der Waals surface area contributed by atoms with Crippen LogP contribution in [-0.2, 0) is 15.0 Å². The summed E-state index contributed by atoms with van der Waals surface area (Å²) in [7, 11) is 0. The molecule has 0 saturated heterocycles. The van der Waals surface area contributed by atoms with Crippen molar-refractivity contribution in [2.45, 2.75) is 18.3 Å². The largest absolute Gasteiger partial charge is 0.343 e. The number of imide groups is 1. The molecule has 1 saturated carbocycles. The number of halogens is 2. The van der Waals surface area contributed by atoms with Crippen molar-refractivity contribution in [2.75, 3.05) is 0 Å². The molecule has 4 rings (SSSR count). The monoisotopic (exact) mass is 375 g/mol. The smallest absolute Gasteiger partial charge is 0.329 e. The Bertz CT molecular complexity index is 881. The first-order valence-electron chi connectivity index (χ1n) is 7.60. The van der Waals surface area contributed by atoms with Crippen molar-refractivity contribution in [3.05, 3.63) is 69.2 Å². The topological polar surface area (TPSA) is 63.7 Å². The maximum absolute atomic E-state index is 12.7. The van der Waals surface area contributed by atoms with Crippen LogP contribution in [0.25, 0.3) is 0 Å². The lowest BCUT2D eigenvalue weighted by Crippen LogP contribution is -2.37. The normalized spacial score (nSPS) is 17.4. The fourth-order valence-electron chi connectivity index (χ4n) is 3.06. The first kappa shape index (κ1) is 16.1. The Kier molecular flexibility index (Phi) is 3.60. The number of amides is 2. The van der Waals surface area contributed by atoms with E-state index in [0.717, 1.165) is 0 Å².